The van der Waals surface area contributed by atoms with Crippen molar-refractivity contribution >= 4 is 6.09 Å². The van der Waals surface area contributed by atoms with E-state index in [2.05, 4.69) is 10.1 Å². The van der Waals surface area contributed by atoms with Crippen LogP contribution in [-0.2, 0) is 4.74 Å². The second-order valence-electron chi connectivity index (χ2n) is 1.77. The first-order valence-corrected chi connectivity index (χ1v) is 2.64. The van der Waals surface area contributed by atoms with Crippen molar-refractivity contribution in [3.8, 4) is 6.07 Å². The Morgan fingerprint density at radius 1 is 2.00 bits per heavy atom. The van der Waals surface area contributed by atoms with Gasteiger partial charge in [0.2, 0.25) is 0 Å². The third kappa shape index (κ3) is 1.32. The molecule has 1 N–H and O–H groups in total. The van der Waals surface area contributed by atoms with Gasteiger partial charge in [0.1, 0.15) is 6.10 Å². The van der Waals surface area contributed by atoms with Crippen molar-refractivity contribution in [2.24, 2.45) is 0 Å². The first kappa shape index (κ1) is 5.89. The molecule has 1 amide bonds. The number of cyclic esters (lactones) is 1. The molecule has 1 atom stereocenters. The molecule has 0 radical (unpaired) electrons. The Kier molecular flexibility index (Phi) is 1.54. The quantitative estimate of drug-likeness (QED) is 0.538. The second kappa shape index (κ2) is 2.35. The Balaban J connectivity index is 2.32. The van der Waals surface area contributed by atoms with Gasteiger partial charge in [0.05, 0.1) is 19.0 Å². The predicted octanol–water partition coefficient (Wildman–Crippen LogP) is 0.00848. The van der Waals surface area contributed by atoms with E-state index in [4.69, 9.17) is 5.26 Å². The number of carbonyl (C=O) groups excluding carboxylic acids is 1. The summed E-state index contributed by atoms with van der Waals surface area (Å²) in [6.45, 7) is 0.465. The summed E-state index contributed by atoms with van der Waals surface area (Å²) >= 11 is 0. The highest BCUT2D eigenvalue weighted by atomic mass is 16.6. The number of nitriles is 1. The molecule has 0 spiro atoms. The fourth-order valence-electron chi connectivity index (χ4n) is 0.648. The van der Waals surface area contributed by atoms with E-state index in [0.29, 0.717) is 6.54 Å². The van der Waals surface area contributed by atoms with Crippen LogP contribution in [0.2, 0.25) is 0 Å². The third-order valence-electron chi connectivity index (χ3n) is 1.07. The largest absolute Gasteiger partial charge is 0.443 e. The average molecular weight is 126 g/mol. The maximum absolute atomic E-state index is 10.3. The maximum atomic E-state index is 10.3. The molecule has 1 heterocycles. The molecule has 0 aromatic rings. The molecule has 0 aromatic carbocycles. The Hall–Kier alpha value is -1.24. The first-order chi connectivity index (χ1) is 4.33. The van der Waals surface area contributed by atoms with Gasteiger partial charge >= 0.3 is 6.09 Å². The highest BCUT2D eigenvalue weighted by Gasteiger charge is 2.21. The van der Waals surface area contributed by atoms with E-state index in [0.717, 1.165) is 0 Å². The van der Waals surface area contributed by atoms with Gasteiger partial charge in [-0.25, -0.2) is 4.79 Å². The maximum Gasteiger partial charge on any atom is 0.407 e. The molecule has 0 aromatic heterocycles. The van der Waals surface area contributed by atoms with Crippen LogP contribution in [-0.4, -0.2) is 18.7 Å². The third-order valence-corrected chi connectivity index (χ3v) is 1.07. The first-order valence-electron chi connectivity index (χ1n) is 2.64. The molecule has 9 heavy (non-hydrogen) atoms. The molecule has 1 fully saturated rings. The molecule has 1 aliphatic heterocycles. The van der Waals surface area contributed by atoms with E-state index < -0.39 is 6.09 Å². The number of hydrogen-bond donors (Lipinski definition) is 1. The number of ether oxygens (including phenoxy) is 1. The summed E-state index contributed by atoms with van der Waals surface area (Å²) in [7, 11) is 0. The van der Waals surface area contributed by atoms with E-state index in [1.807, 2.05) is 6.07 Å². The van der Waals surface area contributed by atoms with Crippen molar-refractivity contribution in [2.45, 2.75) is 12.5 Å². The fraction of sp³-hybridized carbons (Fsp3) is 0.600. The van der Waals surface area contributed by atoms with Crippen molar-refractivity contribution in [1.82, 2.24) is 5.32 Å². The Morgan fingerprint density at radius 2 is 2.78 bits per heavy atom. The van der Waals surface area contributed by atoms with Crippen molar-refractivity contribution in [2.75, 3.05) is 6.54 Å². The van der Waals surface area contributed by atoms with Gasteiger partial charge in [0.15, 0.2) is 0 Å². The smallest absolute Gasteiger partial charge is 0.407 e. The van der Waals surface area contributed by atoms with Gasteiger partial charge < -0.3 is 10.1 Å². The van der Waals surface area contributed by atoms with Crippen LogP contribution in [0.5, 0.6) is 0 Å². The van der Waals surface area contributed by atoms with Gasteiger partial charge in [-0.15, -0.1) is 0 Å². The normalized spacial score (nSPS) is 24.3. The minimum Gasteiger partial charge on any atom is -0.443 e. The monoisotopic (exact) mass is 126 g/mol. The van der Waals surface area contributed by atoms with Crippen LogP contribution in [0.15, 0.2) is 0 Å². The topological polar surface area (TPSA) is 62.1 Å². The van der Waals surface area contributed by atoms with E-state index in [-0.39, 0.29) is 12.5 Å². The van der Waals surface area contributed by atoms with E-state index in [9.17, 15) is 4.79 Å². The highest BCUT2D eigenvalue weighted by Crippen LogP contribution is 2.02. The lowest BCUT2D eigenvalue weighted by molar-refractivity contribution is 0.142. The van der Waals surface area contributed by atoms with Crippen LogP contribution >= 0.6 is 0 Å². The zero-order valence-electron chi connectivity index (χ0n) is 4.76. The molecule has 1 unspecified atom stereocenters. The van der Waals surface area contributed by atoms with Gasteiger partial charge in [-0.1, -0.05) is 0 Å². The van der Waals surface area contributed by atoms with Gasteiger partial charge in [-0.2, -0.15) is 5.26 Å². The summed E-state index contributed by atoms with van der Waals surface area (Å²) in [6, 6.07) is 1.91. The van der Waals surface area contributed by atoms with Crippen LogP contribution in [0.4, 0.5) is 4.79 Å². The van der Waals surface area contributed by atoms with Crippen LogP contribution in [0.25, 0.3) is 0 Å². The molecule has 4 heteroatoms. The Morgan fingerprint density at radius 3 is 3.22 bits per heavy atom. The molecule has 4 nitrogen and oxygen atoms in total. The molecule has 48 valence electrons. The van der Waals surface area contributed by atoms with Crippen molar-refractivity contribution in [3.05, 3.63) is 0 Å². The summed E-state index contributed by atoms with van der Waals surface area (Å²) in [5.41, 5.74) is 0. The van der Waals surface area contributed by atoms with E-state index in [1.165, 1.54) is 0 Å². The summed E-state index contributed by atoms with van der Waals surface area (Å²) in [5, 5.41) is 10.6. The molecule has 1 aliphatic rings. The van der Waals surface area contributed by atoms with Gasteiger partial charge in [-0.3, -0.25) is 0 Å². The van der Waals surface area contributed by atoms with Crippen LogP contribution in [0.3, 0.4) is 0 Å². The second-order valence-corrected chi connectivity index (χ2v) is 1.77. The van der Waals surface area contributed by atoms with E-state index in [1.54, 1.807) is 0 Å². The molecule has 1 rings (SSSR count). The molecule has 0 saturated carbocycles. The van der Waals surface area contributed by atoms with Crippen LogP contribution in [0, 0.1) is 11.3 Å². The molecule has 0 bridgehead atoms. The number of amides is 1. The standard InChI is InChI=1S/C5H6N2O2/c6-2-1-4-3-7-5(8)9-4/h4H,1,3H2,(H,7,8). The SMILES string of the molecule is N#CCC1CNC(=O)O1. The molecular weight excluding hydrogens is 120 g/mol. The van der Waals surface area contributed by atoms with Crippen LogP contribution in [0.1, 0.15) is 6.42 Å². The lowest BCUT2D eigenvalue weighted by Crippen LogP contribution is -2.14. The Labute approximate surface area is 52.4 Å². The minimum absolute atomic E-state index is 0.234. The highest BCUT2D eigenvalue weighted by molar-refractivity contribution is 5.69. The number of rotatable bonds is 1. The molecule has 1 saturated heterocycles. The summed E-state index contributed by atoms with van der Waals surface area (Å²) in [4.78, 5) is 10.3. The lowest BCUT2D eigenvalue weighted by atomic mass is 10.3. The Bertz CT molecular complexity index is 161. The summed E-state index contributed by atoms with van der Waals surface area (Å²) < 4.78 is 4.63. The van der Waals surface area contributed by atoms with Crippen molar-refractivity contribution in [1.29, 1.82) is 5.26 Å². The van der Waals surface area contributed by atoms with Gasteiger partial charge in [-0.05, 0) is 0 Å². The van der Waals surface area contributed by atoms with Gasteiger partial charge in [0.25, 0.3) is 0 Å². The number of nitrogens with one attached hydrogen (secondary N) is 1. The number of nitrogens with zero attached hydrogens (tertiary/aromatic N) is 1. The zero-order valence-corrected chi connectivity index (χ0v) is 4.76. The number of carbonyl (C=O) groups is 1. The van der Waals surface area contributed by atoms with Crippen molar-refractivity contribution < 1.29 is 9.53 Å². The molecule has 0 aliphatic carbocycles. The van der Waals surface area contributed by atoms with Crippen molar-refractivity contribution in [3.63, 3.8) is 0 Å². The number of alkyl carbamates (subject to hydrolysis) is 1. The minimum atomic E-state index is -0.421. The summed E-state index contributed by atoms with van der Waals surface area (Å²) in [6.07, 6.45) is -0.378. The predicted molar refractivity (Wildman–Crippen MR) is 28.5 cm³/mol. The summed E-state index contributed by atoms with van der Waals surface area (Å²) in [5.74, 6) is 0. The zero-order chi connectivity index (χ0) is 6.69. The average Bonchev–Trinajstić information content (AvgIpc) is 2.17. The van der Waals surface area contributed by atoms with Crippen LogP contribution < -0.4 is 5.32 Å². The number of hydrogen-bond acceptors (Lipinski definition) is 3. The fourth-order valence-corrected chi connectivity index (χ4v) is 0.648. The van der Waals surface area contributed by atoms with E-state index >= 15 is 0 Å². The van der Waals surface area contributed by atoms with Gasteiger partial charge in [0, 0.05) is 0 Å². The molecular formula is C5H6N2O2. The lowest BCUT2D eigenvalue weighted by Gasteiger charge is -1.97.